The average molecular weight is 338 g/mol. The number of aryl methyl sites for hydroxylation is 2. The first-order valence-corrected chi connectivity index (χ1v) is 8.26. The van der Waals surface area contributed by atoms with Crippen LogP contribution in [-0.4, -0.2) is 7.05 Å². The normalized spacial score (nSPS) is 12.6. The molecule has 0 bridgehead atoms. The minimum atomic E-state index is 0.375. The largest absolute Gasteiger partial charge is 0.313 e. The lowest BCUT2D eigenvalue weighted by Gasteiger charge is -2.16. The highest BCUT2D eigenvalue weighted by Gasteiger charge is 2.12. The molecule has 0 aliphatic rings. The maximum absolute atomic E-state index is 3.62. The van der Waals surface area contributed by atoms with Crippen molar-refractivity contribution >= 4 is 27.3 Å². The third kappa shape index (κ3) is 3.68. The second-order valence-corrected chi connectivity index (χ2v) is 6.88. The van der Waals surface area contributed by atoms with E-state index < -0.39 is 0 Å². The molecule has 1 N–H and O–H groups in total. The van der Waals surface area contributed by atoms with Crippen LogP contribution < -0.4 is 5.32 Å². The molecule has 102 valence electrons. The van der Waals surface area contributed by atoms with Crippen LogP contribution in [-0.2, 0) is 12.8 Å². The molecule has 0 radical (unpaired) electrons. The van der Waals surface area contributed by atoms with Crippen molar-refractivity contribution in [3.63, 3.8) is 0 Å². The van der Waals surface area contributed by atoms with Crippen molar-refractivity contribution in [2.24, 2.45) is 0 Å². The monoisotopic (exact) mass is 337 g/mol. The first-order chi connectivity index (χ1) is 9.13. The number of halogens is 1. The fraction of sp³-hybridized carbons (Fsp3) is 0.375. The maximum atomic E-state index is 3.62. The second-order valence-electron chi connectivity index (χ2n) is 4.78. The summed E-state index contributed by atoms with van der Waals surface area (Å²) in [5.41, 5.74) is 2.62. The molecular formula is C16H20BrNS. The molecule has 1 unspecified atom stereocenters. The Bertz CT molecular complexity index is 547. The van der Waals surface area contributed by atoms with E-state index in [2.05, 4.69) is 65.4 Å². The van der Waals surface area contributed by atoms with Crippen LogP contribution in [0.1, 0.15) is 33.8 Å². The number of nitrogens with one attached hydrogen (secondary N) is 1. The molecule has 1 heterocycles. The van der Waals surface area contributed by atoms with Gasteiger partial charge in [0.2, 0.25) is 0 Å². The summed E-state index contributed by atoms with van der Waals surface area (Å²) in [6, 6.07) is 11.5. The van der Waals surface area contributed by atoms with Gasteiger partial charge in [-0.3, -0.25) is 0 Å². The van der Waals surface area contributed by atoms with Crippen molar-refractivity contribution in [3.8, 4) is 0 Å². The molecule has 1 atom stereocenters. The third-order valence-electron chi connectivity index (χ3n) is 3.42. The number of thiophene rings is 1. The van der Waals surface area contributed by atoms with Gasteiger partial charge in [-0.2, -0.15) is 0 Å². The fourth-order valence-electron chi connectivity index (χ4n) is 2.14. The SMILES string of the molecule is CCc1ccc(CC(NC)c2ccc(C)c(Br)c2)s1. The fourth-order valence-corrected chi connectivity index (χ4v) is 3.54. The molecule has 0 fully saturated rings. The van der Waals surface area contributed by atoms with Crippen molar-refractivity contribution in [3.05, 3.63) is 55.7 Å². The molecule has 1 aromatic carbocycles. The van der Waals surface area contributed by atoms with Crippen molar-refractivity contribution in [1.82, 2.24) is 5.32 Å². The van der Waals surface area contributed by atoms with Gasteiger partial charge in [-0.05, 0) is 49.7 Å². The lowest BCUT2D eigenvalue weighted by atomic mass is 10.0. The molecule has 19 heavy (non-hydrogen) atoms. The van der Waals surface area contributed by atoms with Crippen molar-refractivity contribution < 1.29 is 0 Å². The summed E-state index contributed by atoms with van der Waals surface area (Å²) in [4.78, 5) is 2.92. The minimum Gasteiger partial charge on any atom is -0.313 e. The first-order valence-electron chi connectivity index (χ1n) is 6.65. The van der Waals surface area contributed by atoms with Gasteiger partial charge < -0.3 is 5.32 Å². The van der Waals surface area contributed by atoms with Gasteiger partial charge in [0.15, 0.2) is 0 Å². The predicted molar refractivity (Wildman–Crippen MR) is 88.1 cm³/mol. The van der Waals surface area contributed by atoms with Crippen LogP contribution in [0.2, 0.25) is 0 Å². The minimum absolute atomic E-state index is 0.375. The highest BCUT2D eigenvalue weighted by Crippen LogP contribution is 2.27. The van der Waals surface area contributed by atoms with E-state index in [4.69, 9.17) is 0 Å². The zero-order valence-corrected chi connectivity index (χ0v) is 14.1. The molecule has 3 heteroatoms. The summed E-state index contributed by atoms with van der Waals surface area (Å²) in [7, 11) is 2.03. The van der Waals surface area contributed by atoms with E-state index in [0.29, 0.717) is 6.04 Å². The lowest BCUT2D eigenvalue weighted by Crippen LogP contribution is -2.18. The lowest BCUT2D eigenvalue weighted by molar-refractivity contribution is 0.596. The molecule has 2 aromatic rings. The zero-order valence-electron chi connectivity index (χ0n) is 11.7. The van der Waals surface area contributed by atoms with E-state index >= 15 is 0 Å². The van der Waals surface area contributed by atoms with Crippen molar-refractivity contribution in [2.75, 3.05) is 7.05 Å². The van der Waals surface area contributed by atoms with Crippen molar-refractivity contribution in [1.29, 1.82) is 0 Å². The van der Waals surface area contributed by atoms with Crippen LogP contribution in [0.4, 0.5) is 0 Å². The molecular weight excluding hydrogens is 318 g/mol. The Morgan fingerprint density at radius 2 is 1.95 bits per heavy atom. The Labute approximate surface area is 128 Å². The van der Waals surface area contributed by atoms with Gasteiger partial charge in [-0.1, -0.05) is 35.0 Å². The standard InChI is InChI=1S/C16H20BrNS/c1-4-13-7-8-14(19-13)10-16(18-3)12-6-5-11(2)15(17)9-12/h5-9,16,18H,4,10H2,1-3H3. The summed E-state index contributed by atoms with van der Waals surface area (Å²) in [6.45, 7) is 4.33. The molecule has 0 amide bonds. The van der Waals surface area contributed by atoms with Gasteiger partial charge in [-0.15, -0.1) is 11.3 Å². The third-order valence-corrected chi connectivity index (χ3v) is 5.52. The van der Waals surface area contributed by atoms with Gasteiger partial charge in [0.05, 0.1) is 0 Å². The number of rotatable bonds is 5. The van der Waals surface area contributed by atoms with E-state index in [1.807, 2.05) is 18.4 Å². The summed E-state index contributed by atoms with van der Waals surface area (Å²) in [6.07, 6.45) is 2.18. The molecule has 0 spiro atoms. The van der Waals surface area contributed by atoms with Gasteiger partial charge in [0.1, 0.15) is 0 Å². The Balaban J connectivity index is 2.17. The van der Waals surface area contributed by atoms with Crippen molar-refractivity contribution in [2.45, 2.75) is 32.7 Å². The Kier molecular flexibility index (Phi) is 5.20. The molecule has 1 nitrogen and oxygen atoms in total. The molecule has 0 saturated carbocycles. The van der Waals surface area contributed by atoms with Gasteiger partial charge in [0.25, 0.3) is 0 Å². The van der Waals surface area contributed by atoms with E-state index in [9.17, 15) is 0 Å². The Hall–Kier alpha value is -0.640. The number of likely N-dealkylation sites (N-methyl/N-ethyl adjacent to an activating group) is 1. The molecule has 0 aliphatic heterocycles. The highest BCUT2D eigenvalue weighted by molar-refractivity contribution is 9.10. The van der Waals surface area contributed by atoms with Crippen LogP contribution in [0, 0.1) is 6.92 Å². The van der Waals surface area contributed by atoms with E-state index in [-0.39, 0.29) is 0 Å². The van der Waals surface area contributed by atoms with E-state index in [1.54, 1.807) is 0 Å². The summed E-state index contributed by atoms with van der Waals surface area (Å²) in [5.74, 6) is 0. The van der Waals surface area contributed by atoms with Crippen LogP contribution >= 0.6 is 27.3 Å². The van der Waals surface area contributed by atoms with Crippen LogP contribution in [0.5, 0.6) is 0 Å². The molecule has 1 aromatic heterocycles. The van der Waals surface area contributed by atoms with Crippen LogP contribution in [0.3, 0.4) is 0 Å². The van der Waals surface area contributed by atoms with E-state index in [0.717, 1.165) is 12.8 Å². The number of hydrogen-bond acceptors (Lipinski definition) is 2. The van der Waals surface area contributed by atoms with Gasteiger partial charge in [-0.25, -0.2) is 0 Å². The number of benzene rings is 1. The van der Waals surface area contributed by atoms with Gasteiger partial charge in [0, 0.05) is 26.7 Å². The first kappa shape index (κ1) is 14.8. The van der Waals surface area contributed by atoms with Gasteiger partial charge >= 0.3 is 0 Å². The molecule has 0 aliphatic carbocycles. The predicted octanol–water partition coefficient (Wildman–Crippen LogP) is 4.88. The Morgan fingerprint density at radius 3 is 2.53 bits per heavy atom. The zero-order chi connectivity index (χ0) is 13.8. The van der Waals surface area contributed by atoms with E-state index in [1.165, 1.54) is 25.4 Å². The quantitative estimate of drug-likeness (QED) is 0.819. The topological polar surface area (TPSA) is 12.0 Å². The maximum Gasteiger partial charge on any atom is 0.0366 e. The summed E-state index contributed by atoms with van der Waals surface area (Å²) < 4.78 is 1.19. The molecule has 0 saturated heterocycles. The highest BCUT2D eigenvalue weighted by atomic mass is 79.9. The summed E-state index contributed by atoms with van der Waals surface area (Å²) >= 11 is 5.55. The number of hydrogen-bond donors (Lipinski definition) is 1. The smallest absolute Gasteiger partial charge is 0.0366 e. The second kappa shape index (κ2) is 6.69. The molecule has 2 rings (SSSR count). The van der Waals surface area contributed by atoms with Crippen LogP contribution in [0.25, 0.3) is 0 Å². The summed E-state index contributed by atoms with van der Waals surface area (Å²) in [5, 5.41) is 3.43. The van der Waals surface area contributed by atoms with Crippen LogP contribution in [0.15, 0.2) is 34.8 Å². The Morgan fingerprint density at radius 1 is 1.21 bits per heavy atom. The average Bonchev–Trinajstić information content (AvgIpc) is 2.87.